The number of nitrogens with one attached hydrogen (secondary N) is 2. The normalized spacial score (nSPS) is 15.4. The fourth-order valence-corrected chi connectivity index (χ4v) is 3.94. The lowest BCUT2D eigenvalue weighted by Crippen LogP contribution is -2.36. The number of carbonyl (C=O) groups excluding carboxylic acids is 2. The van der Waals surface area contributed by atoms with Gasteiger partial charge in [-0.05, 0) is 48.5 Å². The van der Waals surface area contributed by atoms with E-state index in [0.717, 1.165) is 5.56 Å². The third kappa shape index (κ3) is 5.56. The summed E-state index contributed by atoms with van der Waals surface area (Å²) < 4.78 is 19.0. The van der Waals surface area contributed by atoms with Crippen LogP contribution in [-0.2, 0) is 16.2 Å². The smallest absolute Gasteiger partial charge is 0.243 e. The fourth-order valence-electron chi connectivity index (χ4n) is 3.47. The van der Waals surface area contributed by atoms with E-state index in [1.54, 1.807) is 36.4 Å². The highest BCUT2D eigenvalue weighted by molar-refractivity contribution is 6.35. The van der Waals surface area contributed by atoms with Crippen molar-refractivity contribution in [2.45, 2.75) is 13.0 Å². The maximum atomic E-state index is 13.2. The van der Waals surface area contributed by atoms with Gasteiger partial charge in [-0.25, -0.2) is 4.39 Å². The van der Waals surface area contributed by atoms with Crippen molar-refractivity contribution >= 4 is 46.4 Å². The van der Waals surface area contributed by atoms with E-state index < -0.39 is 5.92 Å². The Labute approximate surface area is 200 Å². The summed E-state index contributed by atoms with van der Waals surface area (Å²) in [6.45, 7) is 0.428. The lowest BCUT2D eigenvalue weighted by molar-refractivity contribution is -0.125. The van der Waals surface area contributed by atoms with Crippen molar-refractivity contribution in [3.63, 3.8) is 0 Å². The molecule has 1 aliphatic heterocycles. The topological polar surface area (TPSA) is 70.7 Å². The van der Waals surface area contributed by atoms with Gasteiger partial charge in [0, 0.05) is 34.3 Å². The largest absolute Gasteiger partial charge is 0.487 e. The molecule has 1 aliphatic rings. The van der Waals surface area contributed by atoms with Crippen LogP contribution in [0.1, 0.15) is 12.0 Å². The van der Waals surface area contributed by atoms with Crippen LogP contribution >= 0.6 is 23.2 Å². The van der Waals surface area contributed by atoms with E-state index in [-0.39, 0.29) is 37.2 Å². The van der Waals surface area contributed by atoms with E-state index in [0.29, 0.717) is 27.2 Å². The molecule has 0 unspecified atom stereocenters. The Kier molecular flexibility index (Phi) is 7.01. The number of carbonyl (C=O) groups is 2. The number of hydrogen-bond acceptors (Lipinski definition) is 4. The first-order valence-electron chi connectivity index (χ1n) is 10.2. The van der Waals surface area contributed by atoms with Crippen molar-refractivity contribution in [2.24, 2.45) is 5.92 Å². The SMILES string of the molecule is O=C(NNc1ccccc1OCc1ccc(Cl)cc1Cl)[C@H]1CC(=O)N(c2ccc(F)cc2)C1. The number of rotatable bonds is 7. The number of halogens is 3. The van der Waals surface area contributed by atoms with Crippen LogP contribution in [0.3, 0.4) is 0 Å². The van der Waals surface area contributed by atoms with Crippen molar-refractivity contribution in [1.82, 2.24) is 5.43 Å². The van der Waals surface area contributed by atoms with Crippen molar-refractivity contribution in [1.29, 1.82) is 0 Å². The van der Waals surface area contributed by atoms with E-state index in [1.165, 1.54) is 29.2 Å². The van der Waals surface area contributed by atoms with E-state index in [4.69, 9.17) is 27.9 Å². The summed E-state index contributed by atoms with van der Waals surface area (Å²) in [5, 5.41) is 1.04. The van der Waals surface area contributed by atoms with Crippen LogP contribution in [0.5, 0.6) is 5.75 Å². The van der Waals surface area contributed by atoms with Crippen LogP contribution in [-0.4, -0.2) is 18.4 Å². The van der Waals surface area contributed by atoms with Crippen LogP contribution in [0, 0.1) is 11.7 Å². The third-order valence-electron chi connectivity index (χ3n) is 5.24. The molecule has 0 spiro atoms. The number of nitrogens with zero attached hydrogens (tertiary/aromatic N) is 1. The summed E-state index contributed by atoms with van der Waals surface area (Å²) in [4.78, 5) is 26.5. The van der Waals surface area contributed by atoms with Gasteiger partial charge in [0.15, 0.2) is 0 Å². The number of hydrazine groups is 1. The quantitative estimate of drug-likeness (QED) is 0.449. The zero-order valence-corrected chi connectivity index (χ0v) is 18.9. The van der Waals surface area contributed by atoms with E-state index in [9.17, 15) is 14.0 Å². The van der Waals surface area contributed by atoms with Crippen LogP contribution < -0.4 is 20.5 Å². The number of ether oxygens (including phenoxy) is 1. The highest BCUT2D eigenvalue weighted by Crippen LogP contribution is 2.28. The molecular weight excluding hydrogens is 468 g/mol. The Morgan fingerprint density at radius 1 is 1.09 bits per heavy atom. The number of benzene rings is 3. The van der Waals surface area contributed by atoms with Gasteiger partial charge in [-0.2, -0.15) is 0 Å². The molecule has 4 rings (SSSR count). The summed E-state index contributed by atoms with van der Waals surface area (Å²) >= 11 is 12.1. The Hall–Kier alpha value is -3.29. The van der Waals surface area contributed by atoms with E-state index in [2.05, 4.69) is 10.9 Å². The molecule has 2 amide bonds. The molecular formula is C24H20Cl2FN3O3. The molecule has 3 aromatic rings. The number of para-hydroxylation sites is 2. The molecule has 0 aliphatic carbocycles. The molecule has 1 fully saturated rings. The first kappa shape index (κ1) is 22.9. The standard InChI is InChI=1S/C24H20Cl2FN3O3/c25-17-6-5-15(20(26)12-17)14-33-22-4-2-1-3-21(22)28-29-24(32)16-11-23(31)30(13-16)19-9-7-18(27)8-10-19/h1-10,12,16,28H,11,13-14H2,(H,29,32)/t16-/m0/s1. The van der Waals surface area contributed by atoms with Gasteiger partial charge in [0.05, 0.1) is 11.6 Å². The predicted molar refractivity (Wildman–Crippen MR) is 126 cm³/mol. The highest BCUT2D eigenvalue weighted by Gasteiger charge is 2.35. The van der Waals surface area contributed by atoms with Gasteiger partial charge in [0.2, 0.25) is 11.8 Å². The van der Waals surface area contributed by atoms with Crippen molar-refractivity contribution in [2.75, 3.05) is 16.9 Å². The average Bonchev–Trinajstić information content (AvgIpc) is 3.19. The van der Waals surface area contributed by atoms with E-state index in [1.807, 2.05) is 6.07 Å². The Bertz CT molecular complexity index is 1170. The molecule has 0 saturated carbocycles. The molecule has 170 valence electrons. The minimum atomic E-state index is -0.545. The number of amides is 2. The van der Waals surface area contributed by atoms with Gasteiger partial charge in [-0.1, -0.05) is 41.4 Å². The van der Waals surface area contributed by atoms with Crippen LogP contribution in [0.2, 0.25) is 10.0 Å². The second-order valence-corrected chi connectivity index (χ2v) is 8.36. The first-order chi connectivity index (χ1) is 15.9. The lowest BCUT2D eigenvalue weighted by Gasteiger charge is -2.18. The molecule has 2 N–H and O–H groups in total. The Balaban J connectivity index is 1.36. The fraction of sp³-hybridized carbons (Fsp3) is 0.167. The molecule has 0 bridgehead atoms. The van der Waals surface area contributed by atoms with Crippen molar-refractivity contribution < 1.29 is 18.7 Å². The molecule has 0 aromatic heterocycles. The summed E-state index contributed by atoms with van der Waals surface area (Å²) in [6.07, 6.45) is 0.0676. The molecule has 0 radical (unpaired) electrons. The summed E-state index contributed by atoms with van der Waals surface area (Å²) in [5.74, 6) is -0.938. The minimum absolute atomic E-state index is 0.0676. The third-order valence-corrected chi connectivity index (χ3v) is 5.83. The summed E-state index contributed by atoms with van der Waals surface area (Å²) in [5.41, 5.74) is 7.40. The molecule has 1 atom stereocenters. The van der Waals surface area contributed by atoms with Gasteiger partial charge < -0.3 is 9.64 Å². The van der Waals surface area contributed by atoms with Gasteiger partial charge in [-0.15, -0.1) is 0 Å². The zero-order chi connectivity index (χ0) is 23.4. The van der Waals surface area contributed by atoms with Crippen LogP contribution in [0.25, 0.3) is 0 Å². The van der Waals surface area contributed by atoms with Crippen LogP contribution in [0.4, 0.5) is 15.8 Å². The van der Waals surface area contributed by atoms with E-state index >= 15 is 0 Å². The van der Waals surface area contributed by atoms with Crippen molar-refractivity contribution in [3.05, 3.63) is 88.2 Å². The predicted octanol–water partition coefficient (Wildman–Crippen LogP) is 5.21. The molecule has 3 aromatic carbocycles. The van der Waals surface area contributed by atoms with Crippen LogP contribution in [0.15, 0.2) is 66.7 Å². The maximum Gasteiger partial charge on any atom is 0.243 e. The second-order valence-electron chi connectivity index (χ2n) is 7.52. The highest BCUT2D eigenvalue weighted by atomic mass is 35.5. The molecule has 6 nitrogen and oxygen atoms in total. The van der Waals surface area contributed by atoms with Gasteiger partial charge in [-0.3, -0.25) is 20.4 Å². The zero-order valence-electron chi connectivity index (χ0n) is 17.4. The lowest BCUT2D eigenvalue weighted by atomic mass is 10.1. The summed E-state index contributed by atoms with van der Waals surface area (Å²) in [6, 6.07) is 17.9. The summed E-state index contributed by atoms with van der Waals surface area (Å²) in [7, 11) is 0. The Morgan fingerprint density at radius 2 is 1.85 bits per heavy atom. The van der Waals surface area contributed by atoms with Gasteiger partial charge in [0.1, 0.15) is 18.2 Å². The number of anilines is 2. The maximum absolute atomic E-state index is 13.2. The molecule has 9 heteroatoms. The second kappa shape index (κ2) is 10.1. The monoisotopic (exact) mass is 487 g/mol. The van der Waals surface area contributed by atoms with Gasteiger partial charge in [0.25, 0.3) is 0 Å². The Morgan fingerprint density at radius 3 is 2.61 bits per heavy atom. The average molecular weight is 488 g/mol. The van der Waals surface area contributed by atoms with Crippen molar-refractivity contribution in [3.8, 4) is 5.75 Å². The first-order valence-corrected chi connectivity index (χ1v) is 10.9. The minimum Gasteiger partial charge on any atom is -0.487 e. The molecule has 1 saturated heterocycles. The van der Waals surface area contributed by atoms with Gasteiger partial charge >= 0.3 is 0 Å². The number of hydrogen-bond donors (Lipinski definition) is 2. The molecule has 33 heavy (non-hydrogen) atoms. The molecule has 1 heterocycles.